The van der Waals surface area contributed by atoms with Crippen LogP contribution in [-0.4, -0.2) is 53.1 Å². The maximum atomic E-state index is 12.8. The van der Waals surface area contributed by atoms with E-state index in [1.54, 1.807) is 13.0 Å². The highest BCUT2D eigenvalue weighted by molar-refractivity contribution is 7.80. The molecule has 0 radical (unpaired) electrons. The first-order chi connectivity index (χ1) is 13.8. The fourth-order valence-electron chi connectivity index (χ4n) is 7.40. The lowest BCUT2D eigenvalue weighted by atomic mass is 9.45. The summed E-state index contributed by atoms with van der Waals surface area (Å²) in [6, 6.07) is 0. The minimum Gasteiger partial charge on any atom is -0.726 e. The number of hydrogen-bond donors (Lipinski definition) is 2. The van der Waals surface area contributed by atoms with Gasteiger partial charge < -0.3 is 14.8 Å². The fourth-order valence-corrected chi connectivity index (χ4v) is 7.65. The third kappa shape index (κ3) is 3.12. The largest absolute Gasteiger partial charge is 0.726 e. The van der Waals surface area contributed by atoms with Crippen molar-refractivity contribution in [3.63, 3.8) is 0 Å². The molecule has 0 aromatic rings. The van der Waals surface area contributed by atoms with Gasteiger partial charge in [-0.1, -0.05) is 19.4 Å². The summed E-state index contributed by atoms with van der Waals surface area (Å²) in [6.45, 7) is 2.90. The topological polar surface area (TPSA) is 141 Å². The van der Waals surface area contributed by atoms with Gasteiger partial charge in [-0.15, -0.1) is 0 Å². The molecule has 9 heteroatoms. The summed E-state index contributed by atoms with van der Waals surface area (Å²) in [5.41, 5.74) is -1.97. The predicted molar refractivity (Wildman–Crippen MR) is 104 cm³/mol. The van der Waals surface area contributed by atoms with Crippen molar-refractivity contribution in [2.45, 2.75) is 70.5 Å². The molecule has 0 bridgehead atoms. The zero-order valence-electron chi connectivity index (χ0n) is 17.3. The van der Waals surface area contributed by atoms with Gasteiger partial charge >= 0.3 is 0 Å². The highest BCUT2D eigenvalue weighted by Gasteiger charge is 2.68. The summed E-state index contributed by atoms with van der Waals surface area (Å²) in [4.78, 5) is 24.7. The second kappa shape index (κ2) is 6.93. The van der Waals surface area contributed by atoms with E-state index < -0.39 is 39.9 Å². The fraction of sp³-hybridized carbons (Fsp3) is 0.810. The summed E-state index contributed by atoms with van der Waals surface area (Å²) >= 11 is 0. The molecule has 8 nitrogen and oxygen atoms in total. The maximum Gasteiger partial charge on any atom is 0.218 e. The molecule has 0 amide bonds. The number of rotatable bonds is 4. The monoisotopic (exact) mass is 441 g/mol. The van der Waals surface area contributed by atoms with Crippen LogP contribution in [0.3, 0.4) is 0 Å². The Morgan fingerprint density at radius 1 is 1.27 bits per heavy atom. The molecule has 2 N–H and O–H groups in total. The number of hydrogen-bond acceptors (Lipinski definition) is 8. The molecule has 0 saturated heterocycles. The van der Waals surface area contributed by atoms with Crippen LogP contribution in [0.2, 0.25) is 0 Å². The molecule has 4 rings (SSSR count). The lowest BCUT2D eigenvalue weighted by Gasteiger charge is -2.60. The molecule has 7 atom stereocenters. The van der Waals surface area contributed by atoms with Gasteiger partial charge in [0.25, 0.3) is 0 Å². The van der Waals surface area contributed by atoms with E-state index in [-0.39, 0.29) is 41.8 Å². The normalized spacial score (nSPS) is 45.9. The summed E-state index contributed by atoms with van der Waals surface area (Å²) in [5.74, 6) is -0.701. The second-order valence-corrected chi connectivity index (χ2v) is 11.1. The number of carbonyl (C=O) groups is 2. The Morgan fingerprint density at radius 3 is 2.63 bits per heavy atom. The van der Waals surface area contributed by atoms with Gasteiger partial charge in [0.05, 0.1) is 6.10 Å². The molecule has 0 aromatic carbocycles. The second-order valence-electron chi connectivity index (χ2n) is 10.1. The van der Waals surface area contributed by atoms with Gasteiger partial charge in [-0.25, -0.2) is 8.42 Å². The van der Waals surface area contributed by atoms with Gasteiger partial charge in [-0.2, -0.15) is 0 Å². The van der Waals surface area contributed by atoms with Crippen LogP contribution in [0.1, 0.15) is 58.8 Å². The number of ketones is 2. The first-order valence-corrected chi connectivity index (χ1v) is 11.9. The highest BCUT2D eigenvalue weighted by atomic mass is 32.3. The number of aliphatic hydroxyl groups excluding tert-OH is 1. The Morgan fingerprint density at radius 2 is 1.97 bits per heavy atom. The van der Waals surface area contributed by atoms with Crippen molar-refractivity contribution < 1.29 is 37.0 Å². The molecule has 0 aromatic heterocycles. The van der Waals surface area contributed by atoms with E-state index in [4.69, 9.17) is 0 Å². The first kappa shape index (κ1) is 22.1. The van der Waals surface area contributed by atoms with Gasteiger partial charge in [-0.05, 0) is 67.8 Å². The standard InChI is InChI=1S/C21H30O8S/c1-19-7-5-13(22)9-12(19)3-4-14-15-6-8-21(25,17(24)11-29-30(26,27)28)20(15,2)10-16(23)18(14)19/h9,14-16,18,23,25H,3-8,10-11H2,1-2H3,(H,26,27,28)/p-1/t14-,15-,16-,18+,19-,20-,21-/m0/s1. The van der Waals surface area contributed by atoms with Crippen LogP contribution >= 0.6 is 0 Å². The molecular weight excluding hydrogens is 412 g/mol. The lowest BCUT2D eigenvalue weighted by Crippen LogP contribution is -2.62. The van der Waals surface area contributed by atoms with Gasteiger partial charge in [-0.3, -0.25) is 13.8 Å². The van der Waals surface area contributed by atoms with Crippen LogP contribution in [0.4, 0.5) is 0 Å². The summed E-state index contributed by atoms with van der Waals surface area (Å²) < 4.78 is 36.4. The minimum absolute atomic E-state index is 0.0280. The molecule has 3 fully saturated rings. The van der Waals surface area contributed by atoms with Crippen LogP contribution in [0.15, 0.2) is 11.6 Å². The van der Waals surface area contributed by atoms with Crippen LogP contribution in [0.5, 0.6) is 0 Å². The van der Waals surface area contributed by atoms with Crippen LogP contribution in [-0.2, 0) is 24.2 Å². The SMILES string of the molecule is C[C@]12CCC(=O)C=C1CC[C@@H]1[C@@H]2[C@@H](O)C[C@@]2(C)[C@H]1CC[C@]2(O)C(=O)COS(=O)(=O)[O-]. The summed E-state index contributed by atoms with van der Waals surface area (Å²) in [7, 11) is -5.05. The average molecular weight is 442 g/mol. The lowest BCUT2D eigenvalue weighted by molar-refractivity contribution is -0.181. The molecule has 0 unspecified atom stereocenters. The summed E-state index contributed by atoms with van der Waals surface area (Å²) in [6.07, 6.45) is 4.57. The van der Waals surface area contributed by atoms with Crippen molar-refractivity contribution in [1.82, 2.24) is 0 Å². The van der Waals surface area contributed by atoms with Crippen LogP contribution in [0, 0.1) is 28.6 Å². The molecule has 4 aliphatic rings. The third-order valence-electron chi connectivity index (χ3n) is 8.84. The Hall–Kier alpha value is -1.13. The van der Waals surface area contributed by atoms with Gasteiger partial charge in [0.15, 0.2) is 11.6 Å². The van der Waals surface area contributed by atoms with Crippen molar-refractivity contribution in [1.29, 1.82) is 0 Å². The van der Waals surface area contributed by atoms with E-state index in [0.29, 0.717) is 19.3 Å². The van der Waals surface area contributed by atoms with E-state index in [2.05, 4.69) is 11.1 Å². The van der Waals surface area contributed by atoms with Gasteiger partial charge in [0, 0.05) is 11.8 Å². The van der Waals surface area contributed by atoms with Crippen molar-refractivity contribution >= 4 is 22.0 Å². The van der Waals surface area contributed by atoms with Crippen molar-refractivity contribution in [3.05, 3.63) is 11.6 Å². The predicted octanol–water partition coefficient (Wildman–Crippen LogP) is 1.27. The minimum atomic E-state index is -5.05. The molecule has 3 saturated carbocycles. The number of allylic oxidation sites excluding steroid dienone is 1. The number of Topliss-reactive ketones (excluding diaryl/α,β-unsaturated/α-hetero) is 1. The maximum absolute atomic E-state index is 12.8. The van der Waals surface area contributed by atoms with E-state index in [1.807, 2.05) is 0 Å². The van der Waals surface area contributed by atoms with Crippen molar-refractivity contribution in [2.24, 2.45) is 28.6 Å². The Bertz CT molecular complexity index is 910. The zero-order chi connectivity index (χ0) is 22.1. The van der Waals surface area contributed by atoms with Gasteiger partial charge in [0.1, 0.15) is 12.2 Å². The Kier molecular flexibility index (Phi) is 5.10. The number of aliphatic hydroxyl groups is 2. The molecule has 4 aliphatic carbocycles. The molecule has 0 aliphatic heterocycles. The molecular formula is C21H29O8S-. The molecule has 30 heavy (non-hydrogen) atoms. The van der Waals surface area contributed by atoms with Crippen molar-refractivity contribution in [3.8, 4) is 0 Å². The van der Waals surface area contributed by atoms with E-state index in [0.717, 1.165) is 18.4 Å². The third-order valence-corrected chi connectivity index (χ3v) is 9.25. The van der Waals surface area contributed by atoms with E-state index >= 15 is 0 Å². The molecule has 168 valence electrons. The van der Waals surface area contributed by atoms with Crippen LogP contribution < -0.4 is 0 Å². The van der Waals surface area contributed by atoms with E-state index in [9.17, 15) is 32.8 Å². The Labute approximate surface area is 176 Å². The van der Waals surface area contributed by atoms with Crippen LogP contribution in [0.25, 0.3) is 0 Å². The number of carbonyl (C=O) groups excluding carboxylic acids is 2. The van der Waals surface area contributed by atoms with Gasteiger partial charge in [0.2, 0.25) is 10.4 Å². The van der Waals surface area contributed by atoms with Crippen molar-refractivity contribution in [2.75, 3.05) is 6.61 Å². The first-order valence-electron chi connectivity index (χ1n) is 10.6. The van der Waals surface area contributed by atoms with E-state index in [1.165, 1.54) is 0 Å². The Balaban J connectivity index is 1.65. The smallest absolute Gasteiger partial charge is 0.218 e. The zero-order valence-corrected chi connectivity index (χ0v) is 18.1. The quantitative estimate of drug-likeness (QED) is 0.491. The molecule has 0 heterocycles. The number of fused-ring (bicyclic) bond motifs is 5. The molecule has 0 spiro atoms. The summed E-state index contributed by atoms with van der Waals surface area (Å²) in [5, 5.41) is 22.6. The highest BCUT2D eigenvalue weighted by Crippen LogP contribution is 2.67. The average Bonchev–Trinajstić information content (AvgIpc) is 2.91.